The number of rotatable bonds is 1. The van der Waals surface area contributed by atoms with Crippen LogP contribution in [0.4, 0.5) is 5.69 Å². The first-order chi connectivity index (χ1) is 4.22. The zero-order valence-electron chi connectivity index (χ0n) is 6.01. The summed E-state index contributed by atoms with van der Waals surface area (Å²) in [4.78, 5) is 2.03. The Balaban J connectivity index is 2.94. The minimum Gasteiger partial charge on any atom is -0.467 e. The quantitative estimate of drug-likeness (QED) is 0.567. The maximum Gasteiger partial charge on any atom is 0.123 e. The SMILES string of the molecule is Cc1occc1N(C)C. The average Bonchev–Trinajstić information content (AvgIpc) is 2.13. The summed E-state index contributed by atoms with van der Waals surface area (Å²) in [6.45, 7) is 1.95. The van der Waals surface area contributed by atoms with Crippen LogP contribution in [-0.4, -0.2) is 14.1 Å². The van der Waals surface area contributed by atoms with Crippen molar-refractivity contribution in [2.75, 3.05) is 19.0 Å². The van der Waals surface area contributed by atoms with Crippen LogP contribution in [0.25, 0.3) is 0 Å². The predicted octanol–water partition coefficient (Wildman–Crippen LogP) is 1.65. The van der Waals surface area contributed by atoms with Crippen molar-refractivity contribution in [3.8, 4) is 0 Å². The maximum atomic E-state index is 5.08. The first kappa shape index (κ1) is 6.20. The van der Waals surface area contributed by atoms with Crippen LogP contribution in [0.5, 0.6) is 0 Å². The van der Waals surface area contributed by atoms with Crippen molar-refractivity contribution in [1.82, 2.24) is 0 Å². The highest BCUT2D eigenvalue weighted by Gasteiger charge is 2.00. The molecule has 0 saturated carbocycles. The summed E-state index contributed by atoms with van der Waals surface area (Å²) < 4.78 is 5.08. The van der Waals surface area contributed by atoms with Crippen LogP contribution in [0.15, 0.2) is 16.7 Å². The van der Waals surface area contributed by atoms with Gasteiger partial charge in [0.2, 0.25) is 0 Å². The van der Waals surface area contributed by atoms with Crippen molar-refractivity contribution < 1.29 is 4.42 Å². The number of furan rings is 1. The molecular weight excluding hydrogens is 114 g/mol. The Morgan fingerprint density at radius 2 is 2.11 bits per heavy atom. The molecule has 0 aliphatic carbocycles. The molecule has 2 nitrogen and oxygen atoms in total. The second-order valence-corrected chi connectivity index (χ2v) is 2.26. The number of nitrogens with zero attached hydrogens (tertiary/aromatic N) is 1. The van der Waals surface area contributed by atoms with Gasteiger partial charge in [-0.15, -0.1) is 0 Å². The fourth-order valence-corrected chi connectivity index (χ4v) is 0.842. The summed E-state index contributed by atoms with van der Waals surface area (Å²) in [6.07, 6.45) is 1.70. The largest absolute Gasteiger partial charge is 0.467 e. The summed E-state index contributed by atoms with van der Waals surface area (Å²) in [5.74, 6) is 0.972. The van der Waals surface area contributed by atoms with E-state index in [9.17, 15) is 0 Å². The first-order valence-electron chi connectivity index (χ1n) is 2.93. The fourth-order valence-electron chi connectivity index (χ4n) is 0.842. The Labute approximate surface area is 55.1 Å². The predicted molar refractivity (Wildman–Crippen MR) is 37.8 cm³/mol. The average molecular weight is 125 g/mol. The van der Waals surface area contributed by atoms with Gasteiger partial charge in [-0.3, -0.25) is 0 Å². The summed E-state index contributed by atoms with van der Waals surface area (Å²) in [5, 5.41) is 0. The van der Waals surface area contributed by atoms with Crippen molar-refractivity contribution in [1.29, 1.82) is 0 Å². The Hall–Kier alpha value is -0.920. The highest BCUT2D eigenvalue weighted by molar-refractivity contribution is 5.46. The van der Waals surface area contributed by atoms with Crippen molar-refractivity contribution >= 4 is 5.69 Å². The zero-order valence-corrected chi connectivity index (χ0v) is 6.01. The lowest BCUT2D eigenvalue weighted by Crippen LogP contribution is -2.08. The normalized spacial score (nSPS) is 9.67. The number of hydrogen-bond acceptors (Lipinski definition) is 2. The molecule has 1 aromatic rings. The van der Waals surface area contributed by atoms with E-state index in [1.165, 1.54) is 0 Å². The molecule has 0 saturated heterocycles. The number of anilines is 1. The van der Waals surface area contributed by atoms with E-state index in [2.05, 4.69) is 0 Å². The number of aryl methyl sites for hydroxylation is 1. The molecule has 1 heterocycles. The second kappa shape index (κ2) is 2.13. The van der Waals surface area contributed by atoms with Gasteiger partial charge >= 0.3 is 0 Å². The smallest absolute Gasteiger partial charge is 0.123 e. The Kier molecular flexibility index (Phi) is 1.47. The van der Waals surface area contributed by atoms with Crippen molar-refractivity contribution in [3.05, 3.63) is 18.1 Å². The number of hydrogen-bond donors (Lipinski definition) is 0. The molecular formula is C7H11NO. The Morgan fingerprint density at radius 3 is 2.33 bits per heavy atom. The molecule has 0 atom stereocenters. The van der Waals surface area contributed by atoms with Gasteiger partial charge in [0.25, 0.3) is 0 Å². The highest BCUT2D eigenvalue weighted by Crippen LogP contribution is 2.17. The zero-order chi connectivity index (χ0) is 6.85. The van der Waals surface area contributed by atoms with Gasteiger partial charge in [-0.05, 0) is 6.92 Å². The van der Waals surface area contributed by atoms with Crippen LogP contribution in [0.1, 0.15) is 5.76 Å². The molecule has 50 valence electrons. The van der Waals surface area contributed by atoms with Crippen LogP contribution >= 0.6 is 0 Å². The molecule has 0 aliphatic heterocycles. The lowest BCUT2D eigenvalue weighted by atomic mass is 10.4. The lowest BCUT2D eigenvalue weighted by molar-refractivity contribution is 0.534. The van der Waals surface area contributed by atoms with E-state index in [1.807, 2.05) is 32.0 Å². The van der Waals surface area contributed by atoms with Gasteiger partial charge in [-0.25, -0.2) is 0 Å². The van der Waals surface area contributed by atoms with Gasteiger partial charge < -0.3 is 9.32 Å². The van der Waals surface area contributed by atoms with E-state index in [0.717, 1.165) is 11.4 Å². The third-order valence-electron chi connectivity index (χ3n) is 1.31. The van der Waals surface area contributed by atoms with Crippen LogP contribution in [-0.2, 0) is 0 Å². The first-order valence-corrected chi connectivity index (χ1v) is 2.93. The third-order valence-corrected chi connectivity index (χ3v) is 1.31. The molecule has 0 spiro atoms. The lowest BCUT2D eigenvalue weighted by Gasteiger charge is -2.08. The maximum absolute atomic E-state index is 5.08. The summed E-state index contributed by atoms with van der Waals surface area (Å²) in [5.41, 5.74) is 1.15. The molecule has 1 aromatic heterocycles. The van der Waals surface area contributed by atoms with Gasteiger partial charge in [0, 0.05) is 20.2 Å². The van der Waals surface area contributed by atoms with E-state index in [4.69, 9.17) is 4.42 Å². The molecule has 1 rings (SSSR count). The van der Waals surface area contributed by atoms with Crippen molar-refractivity contribution in [2.24, 2.45) is 0 Å². The highest BCUT2D eigenvalue weighted by atomic mass is 16.3. The molecule has 0 bridgehead atoms. The van der Waals surface area contributed by atoms with Crippen molar-refractivity contribution in [2.45, 2.75) is 6.92 Å². The molecule has 0 fully saturated rings. The fraction of sp³-hybridized carbons (Fsp3) is 0.429. The van der Waals surface area contributed by atoms with Crippen molar-refractivity contribution in [3.63, 3.8) is 0 Å². The molecule has 0 amide bonds. The molecule has 9 heavy (non-hydrogen) atoms. The van der Waals surface area contributed by atoms with E-state index in [-0.39, 0.29) is 0 Å². The van der Waals surface area contributed by atoms with Crippen LogP contribution < -0.4 is 4.90 Å². The second-order valence-electron chi connectivity index (χ2n) is 2.26. The van der Waals surface area contributed by atoms with Crippen LogP contribution in [0.2, 0.25) is 0 Å². The Bertz CT molecular complexity index is 191. The van der Waals surface area contributed by atoms with Crippen LogP contribution in [0, 0.1) is 6.92 Å². The molecule has 0 aliphatic rings. The molecule has 0 aromatic carbocycles. The summed E-state index contributed by atoms with van der Waals surface area (Å²) in [6, 6.07) is 1.95. The minimum absolute atomic E-state index is 0.972. The van der Waals surface area contributed by atoms with E-state index in [1.54, 1.807) is 6.26 Å². The molecule has 2 heteroatoms. The summed E-state index contributed by atoms with van der Waals surface area (Å²) in [7, 11) is 4.00. The van der Waals surface area contributed by atoms with Gasteiger partial charge in [-0.1, -0.05) is 0 Å². The van der Waals surface area contributed by atoms with Gasteiger partial charge in [0.15, 0.2) is 0 Å². The van der Waals surface area contributed by atoms with E-state index >= 15 is 0 Å². The molecule has 0 radical (unpaired) electrons. The minimum atomic E-state index is 0.972. The third kappa shape index (κ3) is 1.07. The van der Waals surface area contributed by atoms with Gasteiger partial charge in [-0.2, -0.15) is 0 Å². The standard InChI is InChI=1S/C7H11NO/c1-6-7(8(2)3)4-5-9-6/h4-5H,1-3H3. The molecule has 0 unspecified atom stereocenters. The summed E-state index contributed by atoms with van der Waals surface area (Å²) >= 11 is 0. The van der Waals surface area contributed by atoms with Gasteiger partial charge in [0.05, 0.1) is 12.0 Å². The molecule has 0 N–H and O–H groups in total. The van der Waals surface area contributed by atoms with E-state index in [0.29, 0.717) is 0 Å². The van der Waals surface area contributed by atoms with E-state index < -0.39 is 0 Å². The Morgan fingerprint density at radius 1 is 1.44 bits per heavy atom. The monoisotopic (exact) mass is 125 g/mol. The topological polar surface area (TPSA) is 16.4 Å². The van der Waals surface area contributed by atoms with Gasteiger partial charge in [0.1, 0.15) is 5.76 Å². The van der Waals surface area contributed by atoms with Crippen LogP contribution in [0.3, 0.4) is 0 Å².